The predicted molar refractivity (Wildman–Crippen MR) is 34.5 cm³/mol. The van der Waals surface area contributed by atoms with Gasteiger partial charge in [-0.3, -0.25) is 0 Å². The molecule has 1 atom stereocenters. The first kappa shape index (κ1) is 7.66. The maximum Gasteiger partial charge on any atom is 0.0585 e. The zero-order chi connectivity index (χ0) is 6.41. The highest BCUT2D eigenvalue weighted by Crippen LogP contribution is 1.86. The van der Waals surface area contributed by atoms with Crippen LogP contribution in [0.5, 0.6) is 0 Å². The zero-order valence-electron chi connectivity index (χ0n) is 5.17. The fourth-order valence-electron chi connectivity index (χ4n) is 0.385. The van der Waals surface area contributed by atoms with Crippen LogP contribution in [0.25, 0.3) is 0 Å². The highest BCUT2D eigenvalue weighted by molar-refractivity contribution is 4.81. The molecule has 0 aliphatic heterocycles. The van der Waals surface area contributed by atoms with E-state index in [-0.39, 0.29) is 12.6 Å². The summed E-state index contributed by atoms with van der Waals surface area (Å²) in [4.78, 5) is 0. The maximum atomic E-state index is 8.40. The van der Waals surface area contributed by atoms with Crippen LogP contribution >= 0.6 is 0 Å². The van der Waals surface area contributed by atoms with Crippen LogP contribution in [0.3, 0.4) is 0 Å². The zero-order valence-corrected chi connectivity index (χ0v) is 5.17. The van der Waals surface area contributed by atoms with Gasteiger partial charge in [-0.15, -0.1) is 0 Å². The van der Waals surface area contributed by atoms with E-state index in [1.54, 1.807) is 0 Å². The van der Waals surface area contributed by atoms with Crippen LogP contribution in [0.2, 0.25) is 0 Å². The Morgan fingerprint density at radius 1 is 1.75 bits per heavy atom. The molecule has 0 radical (unpaired) electrons. The molecule has 0 aromatic rings. The summed E-state index contributed by atoms with van der Waals surface area (Å²) in [5, 5.41) is 8.40. The topological polar surface area (TPSA) is 46.2 Å². The van der Waals surface area contributed by atoms with Crippen LogP contribution in [0.4, 0.5) is 0 Å². The van der Waals surface area contributed by atoms with E-state index in [1.807, 2.05) is 19.1 Å². The molecule has 0 unspecified atom stereocenters. The summed E-state index contributed by atoms with van der Waals surface area (Å²) in [6, 6.07) is -0.0776. The molecule has 0 spiro atoms. The van der Waals surface area contributed by atoms with Crippen molar-refractivity contribution in [3.8, 4) is 0 Å². The first-order chi connectivity index (χ1) is 3.81. The molecular weight excluding hydrogens is 102 g/mol. The van der Waals surface area contributed by atoms with Crippen molar-refractivity contribution >= 4 is 0 Å². The Balaban J connectivity index is 3.10. The summed E-state index contributed by atoms with van der Waals surface area (Å²) in [5.74, 6) is 0. The van der Waals surface area contributed by atoms with Gasteiger partial charge in [0.15, 0.2) is 0 Å². The van der Waals surface area contributed by atoms with Gasteiger partial charge in [0.05, 0.1) is 6.61 Å². The summed E-state index contributed by atoms with van der Waals surface area (Å²) in [6.07, 6.45) is 4.64. The molecule has 0 saturated carbocycles. The van der Waals surface area contributed by atoms with E-state index >= 15 is 0 Å². The van der Waals surface area contributed by atoms with Crippen LogP contribution in [-0.4, -0.2) is 17.8 Å². The second kappa shape index (κ2) is 4.81. The van der Waals surface area contributed by atoms with E-state index in [4.69, 9.17) is 10.8 Å². The van der Waals surface area contributed by atoms with E-state index in [9.17, 15) is 0 Å². The number of rotatable bonds is 3. The van der Waals surface area contributed by atoms with Crippen molar-refractivity contribution in [1.29, 1.82) is 0 Å². The van der Waals surface area contributed by atoms with Crippen molar-refractivity contribution in [2.45, 2.75) is 19.4 Å². The minimum absolute atomic E-state index is 0.0737. The van der Waals surface area contributed by atoms with Crippen LogP contribution < -0.4 is 5.73 Å². The Bertz CT molecular complexity index is 70.9. The minimum atomic E-state index is -0.0776. The van der Waals surface area contributed by atoms with Crippen LogP contribution in [0.1, 0.15) is 13.3 Å². The minimum Gasteiger partial charge on any atom is -0.395 e. The lowest BCUT2D eigenvalue weighted by Crippen LogP contribution is -2.22. The molecule has 0 bridgehead atoms. The van der Waals surface area contributed by atoms with E-state index in [0.717, 1.165) is 6.42 Å². The van der Waals surface area contributed by atoms with Crippen LogP contribution in [-0.2, 0) is 0 Å². The Hall–Kier alpha value is -0.340. The molecule has 0 heterocycles. The third kappa shape index (κ3) is 3.84. The molecule has 48 valence electrons. The molecule has 0 amide bonds. The summed E-state index contributed by atoms with van der Waals surface area (Å²) in [5.41, 5.74) is 5.36. The van der Waals surface area contributed by atoms with Gasteiger partial charge in [-0.25, -0.2) is 0 Å². The van der Waals surface area contributed by atoms with E-state index in [2.05, 4.69) is 0 Å². The predicted octanol–water partition coefficient (Wildman–Crippen LogP) is 0.272. The first-order valence-corrected chi connectivity index (χ1v) is 2.78. The van der Waals surface area contributed by atoms with Gasteiger partial charge in [-0.1, -0.05) is 12.2 Å². The van der Waals surface area contributed by atoms with E-state index < -0.39 is 0 Å². The molecule has 0 aliphatic carbocycles. The number of hydrogen-bond acceptors (Lipinski definition) is 2. The number of nitrogens with two attached hydrogens (primary N) is 1. The molecule has 3 N–H and O–H groups in total. The first-order valence-electron chi connectivity index (χ1n) is 2.78. The highest BCUT2D eigenvalue weighted by atomic mass is 16.3. The van der Waals surface area contributed by atoms with Gasteiger partial charge in [0.2, 0.25) is 0 Å². The van der Waals surface area contributed by atoms with Crippen molar-refractivity contribution < 1.29 is 5.11 Å². The maximum absolute atomic E-state index is 8.40. The summed E-state index contributed by atoms with van der Waals surface area (Å²) in [6.45, 7) is 2.01. The fraction of sp³-hybridized carbons (Fsp3) is 0.667. The Labute approximate surface area is 50.0 Å². The Kier molecular flexibility index (Phi) is 4.61. The quantitative estimate of drug-likeness (QED) is 0.519. The second-order valence-electron chi connectivity index (χ2n) is 1.75. The molecule has 0 saturated heterocycles. The summed E-state index contributed by atoms with van der Waals surface area (Å²) < 4.78 is 0. The van der Waals surface area contributed by atoms with Gasteiger partial charge in [-0.2, -0.15) is 0 Å². The third-order valence-electron chi connectivity index (χ3n) is 0.909. The van der Waals surface area contributed by atoms with Crippen molar-refractivity contribution in [1.82, 2.24) is 0 Å². The standard InChI is InChI=1S/C6H13NO/c1-2-3-4-6(7)5-8/h2-3,6,8H,4-5,7H2,1H3/b3-2+/t6-/m1/s1. The molecule has 0 aromatic heterocycles. The molecule has 8 heavy (non-hydrogen) atoms. The number of aliphatic hydroxyl groups is 1. The SMILES string of the molecule is C/C=C/C[C@@H](N)CO. The molecular formula is C6H13NO. The van der Waals surface area contributed by atoms with Gasteiger partial charge in [0.25, 0.3) is 0 Å². The van der Waals surface area contributed by atoms with Gasteiger partial charge in [0.1, 0.15) is 0 Å². The summed E-state index contributed by atoms with van der Waals surface area (Å²) in [7, 11) is 0. The molecule has 2 heteroatoms. The van der Waals surface area contributed by atoms with Gasteiger partial charge in [0, 0.05) is 6.04 Å². The summed E-state index contributed by atoms with van der Waals surface area (Å²) >= 11 is 0. The Morgan fingerprint density at radius 3 is 2.75 bits per heavy atom. The van der Waals surface area contributed by atoms with E-state index in [1.165, 1.54) is 0 Å². The highest BCUT2D eigenvalue weighted by Gasteiger charge is 1.92. The smallest absolute Gasteiger partial charge is 0.0585 e. The van der Waals surface area contributed by atoms with Crippen molar-refractivity contribution in [3.63, 3.8) is 0 Å². The average Bonchev–Trinajstić information content (AvgIpc) is 1.83. The van der Waals surface area contributed by atoms with E-state index in [0.29, 0.717) is 0 Å². The van der Waals surface area contributed by atoms with Crippen LogP contribution in [0.15, 0.2) is 12.2 Å². The second-order valence-corrected chi connectivity index (χ2v) is 1.75. The Morgan fingerprint density at radius 2 is 2.38 bits per heavy atom. The van der Waals surface area contributed by atoms with Crippen molar-refractivity contribution in [2.75, 3.05) is 6.61 Å². The lowest BCUT2D eigenvalue weighted by atomic mass is 10.2. The lowest BCUT2D eigenvalue weighted by molar-refractivity contribution is 0.266. The van der Waals surface area contributed by atoms with Crippen LogP contribution in [0, 0.1) is 0 Å². The number of aliphatic hydroxyl groups excluding tert-OH is 1. The molecule has 0 aromatic carbocycles. The fourth-order valence-corrected chi connectivity index (χ4v) is 0.385. The van der Waals surface area contributed by atoms with Gasteiger partial charge in [-0.05, 0) is 13.3 Å². The largest absolute Gasteiger partial charge is 0.395 e. The monoisotopic (exact) mass is 115 g/mol. The number of allylic oxidation sites excluding steroid dienone is 1. The number of hydrogen-bond donors (Lipinski definition) is 2. The van der Waals surface area contributed by atoms with Crippen molar-refractivity contribution in [3.05, 3.63) is 12.2 Å². The molecule has 0 rings (SSSR count). The normalized spacial score (nSPS) is 14.9. The van der Waals surface area contributed by atoms with Gasteiger partial charge < -0.3 is 10.8 Å². The molecule has 0 aliphatic rings. The van der Waals surface area contributed by atoms with Gasteiger partial charge >= 0.3 is 0 Å². The lowest BCUT2D eigenvalue weighted by Gasteiger charge is -2.00. The third-order valence-corrected chi connectivity index (χ3v) is 0.909. The molecule has 2 nitrogen and oxygen atoms in total. The van der Waals surface area contributed by atoms with Crippen molar-refractivity contribution in [2.24, 2.45) is 5.73 Å². The average molecular weight is 115 g/mol. The molecule has 0 fully saturated rings.